The highest BCUT2D eigenvalue weighted by molar-refractivity contribution is 5.87. The lowest BCUT2D eigenvalue weighted by Gasteiger charge is -2.16. The van der Waals surface area contributed by atoms with Crippen LogP contribution in [0, 0.1) is 0 Å². The van der Waals surface area contributed by atoms with Gasteiger partial charge in [0.15, 0.2) is 0 Å². The first-order chi connectivity index (χ1) is 9.56. The average molecular weight is 279 g/mol. The molecule has 0 aliphatic carbocycles. The summed E-state index contributed by atoms with van der Waals surface area (Å²) in [5.41, 5.74) is 0. The Morgan fingerprint density at radius 1 is 1.60 bits per heavy atom. The molecule has 2 amide bonds. The van der Waals surface area contributed by atoms with Crippen LogP contribution < -0.4 is 10.6 Å². The fraction of sp³-hybridized carbons (Fsp3) is 0.417. The highest BCUT2D eigenvalue weighted by atomic mass is 16.4. The molecular formula is C12H17N5O3. The predicted molar refractivity (Wildman–Crippen MR) is 70.9 cm³/mol. The van der Waals surface area contributed by atoms with Crippen LogP contribution in [0.3, 0.4) is 0 Å². The van der Waals surface area contributed by atoms with Crippen LogP contribution in [-0.4, -0.2) is 31.9 Å². The third-order valence-corrected chi connectivity index (χ3v) is 2.76. The Balaban J connectivity index is 1.81. The van der Waals surface area contributed by atoms with Crippen LogP contribution in [0.2, 0.25) is 0 Å². The number of amides is 2. The molecule has 0 spiro atoms. The standard InChI is InChI=1S/C12H17N5O3/c1-8(6-9(18)10-4-3-5-20-10)15-12(19)16-11-13-7-14-17(11)2/h3-5,7-9,18H,6H2,1-2H3,(H2,13,14,15,16,19). The Bertz CT molecular complexity index is 551. The molecule has 0 bridgehead atoms. The molecule has 3 N–H and O–H groups in total. The van der Waals surface area contributed by atoms with Gasteiger partial charge in [-0.3, -0.25) is 5.32 Å². The van der Waals surface area contributed by atoms with E-state index in [4.69, 9.17) is 4.42 Å². The number of carbonyl (C=O) groups excluding carboxylic acids is 1. The van der Waals surface area contributed by atoms with Crippen molar-refractivity contribution < 1.29 is 14.3 Å². The smallest absolute Gasteiger partial charge is 0.321 e. The molecule has 0 fully saturated rings. The number of aryl methyl sites for hydroxylation is 1. The number of furan rings is 1. The molecule has 2 aromatic rings. The number of hydrogen-bond acceptors (Lipinski definition) is 5. The number of aromatic nitrogens is 3. The van der Waals surface area contributed by atoms with E-state index in [1.54, 1.807) is 26.1 Å². The van der Waals surface area contributed by atoms with Crippen molar-refractivity contribution in [3.05, 3.63) is 30.5 Å². The summed E-state index contributed by atoms with van der Waals surface area (Å²) in [7, 11) is 1.67. The van der Waals surface area contributed by atoms with Crippen LogP contribution in [-0.2, 0) is 7.05 Å². The van der Waals surface area contributed by atoms with Gasteiger partial charge in [0.05, 0.1) is 6.26 Å². The number of nitrogens with one attached hydrogen (secondary N) is 2. The van der Waals surface area contributed by atoms with Crippen molar-refractivity contribution in [2.24, 2.45) is 7.05 Å². The third kappa shape index (κ3) is 3.58. The monoisotopic (exact) mass is 279 g/mol. The van der Waals surface area contributed by atoms with Gasteiger partial charge in [0.1, 0.15) is 18.2 Å². The predicted octanol–water partition coefficient (Wildman–Crippen LogP) is 1.04. The number of aliphatic hydroxyl groups is 1. The van der Waals surface area contributed by atoms with Crippen molar-refractivity contribution in [3.63, 3.8) is 0 Å². The normalized spacial score (nSPS) is 13.8. The lowest BCUT2D eigenvalue weighted by Crippen LogP contribution is -2.37. The summed E-state index contributed by atoms with van der Waals surface area (Å²) in [6, 6.07) is 2.76. The van der Waals surface area contributed by atoms with Gasteiger partial charge in [-0.25, -0.2) is 9.48 Å². The molecule has 2 atom stereocenters. The van der Waals surface area contributed by atoms with Crippen molar-refractivity contribution in [3.8, 4) is 0 Å². The Labute approximate surface area is 115 Å². The molecule has 108 valence electrons. The number of anilines is 1. The van der Waals surface area contributed by atoms with Crippen LogP contribution >= 0.6 is 0 Å². The van der Waals surface area contributed by atoms with Crippen LogP contribution in [0.25, 0.3) is 0 Å². The van der Waals surface area contributed by atoms with Gasteiger partial charge in [-0.1, -0.05) is 0 Å². The molecule has 2 unspecified atom stereocenters. The number of urea groups is 1. The molecule has 2 aromatic heterocycles. The SMILES string of the molecule is CC(CC(O)c1ccco1)NC(=O)Nc1ncnn1C. The van der Waals surface area contributed by atoms with Gasteiger partial charge in [0, 0.05) is 19.5 Å². The lowest BCUT2D eigenvalue weighted by atomic mass is 10.1. The maximum absolute atomic E-state index is 11.7. The summed E-state index contributed by atoms with van der Waals surface area (Å²) < 4.78 is 6.55. The topological polar surface area (TPSA) is 105 Å². The number of rotatable bonds is 5. The minimum atomic E-state index is -0.755. The largest absolute Gasteiger partial charge is 0.467 e. The number of carbonyl (C=O) groups is 1. The number of hydrogen-bond donors (Lipinski definition) is 3. The van der Waals surface area contributed by atoms with Crippen LogP contribution in [0.1, 0.15) is 25.2 Å². The van der Waals surface area contributed by atoms with Gasteiger partial charge >= 0.3 is 6.03 Å². The third-order valence-electron chi connectivity index (χ3n) is 2.76. The lowest BCUT2D eigenvalue weighted by molar-refractivity contribution is 0.130. The second kappa shape index (κ2) is 6.20. The summed E-state index contributed by atoms with van der Waals surface area (Å²) in [6.45, 7) is 1.79. The molecule has 2 heterocycles. The molecule has 0 radical (unpaired) electrons. The van der Waals surface area contributed by atoms with Gasteiger partial charge in [-0.2, -0.15) is 10.1 Å². The molecule has 20 heavy (non-hydrogen) atoms. The van der Waals surface area contributed by atoms with Gasteiger partial charge in [0.25, 0.3) is 0 Å². The van der Waals surface area contributed by atoms with Crippen molar-refractivity contribution in [1.82, 2.24) is 20.1 Å². The van der Waals surface area contributed by atoms with Crippen molar-refractivity contribution >= 4 is 12.0 Å². The first-order valence-corrected chi connectivity index (χ1v) is 6.19. The van der Waals surface area contributed by atoms with Crippen LogP contribution in [0.4, 0.5) is 10.7 Å². The summed E-state index contributed by atoms with van der Waals surface area (Å²) >= 11 is 0. The number of nitrogens with zero attached hydrogens (tertiary/aromatic N) is 3. The van der Waals surface area contributed by atoms with Crippen molar-refractivity contribution in [2.45, 2.75) is 25.5 Å². The first-order valence-electron chi connectivity index (χ1n) is 6.19. The van der Waals surface area contributed by atoms with E-state index in [0.717, 1.165) is 0 Å². The summed E-state index contributed by atoms with van der Waals surface area (Å²) in [6.07, 6.45) is 2.44. The highest BCUT2D eigenvalue weighted by Gasteiger charge is 2.16. The van der Waals surface area contributed by atoms with E-state index in [1.165, 1.54) is 17.3 Å². The Morgan fingerprint density at radius 2 is 2.40 bits per heavy atom. The maximum Gasteiger partial charge on any atom is 0.321 e. The molecular weight excluding hydrogens is 262 g/mol. The van der Waals surface area contributed by atoms with E-state index >= 15 is 0 Å². The highest BCUT2D eigenvalue weighted by Crippen LogP contribution is 2.18. The van der Waals surface area contributed by atoms with Crippen molar-refractivity contribution in [1.29, 1.82) is 0 Å². The molecule has 0 saturated carbocycles. The Kier molecular flexibility index (Phi) is 4.36. The Morgan fingerprint density at radius 3 is 3.00 bits per heavy atom. The molecule has 0 aliphatic rings. The number of aliphatic hydroxyl groups excluding tert-OH is 1. The zero-order chi connectivity index (χ0) is 14.5. The van der Waals surface area contributed by atoms with Gasteiger partial charge in [-0.05, 0) is 19.1 Å². The summed E-state index contributed by atoms with van der Waals surface area (Å²) in [4.78, 5) is 15.6. The van der Waals surface area contributed by atoms with Crippen molar-refractivity contribution in [2.75, 3.05) is 5.32 Å². The fourth-order valence-electron chi connectivity index (χ4n) is 1.76. The van der Waals surface area contributed by atoms with Gasteiger partial charge in [0.2, 0.25) is 5.95 Å². The van der Waals surface area contributed by atoms with Crippen LogP contribution in [0.15, 0.2) is 29.1 Å². The Hall–Kier alpha value is -2.35. The molecule has 0 aromatic carbocycles. The van der Waals surface area contributed by atoms with Gasteiger partial charge < -0.3 is 14.8 Å². The maximum atomic E-state index is 11.7. The second-order valence-corrected chi connectivity index (χ2v) is 4.47. The van der Waals surface area contributed by atoms with E-state index < -0.39 is 12.1 Å². The second-order valence-electron chi connectivity index (χ2n) is 4.47. The quantitative estimate of drug-likeness (QED) is 0.758. The molecule has 8 nitrogen and oxygen atoms in total. The minimum absolute atomic E-state index is 0.233. The minimum Gasteiger partial charge on any atom is -0.467 e. The van der Waals surface area contributed by atoms with E-state index in [-0.39, 0.29) is 6.04 Å². The first kappa shape index (κ1) is 14.1. The average Bonchev–Trinajstić information content (AvgIpc) is 3.01. The van der Waals surface area contributed by atoms with Gasteiger partial charge in [-0.15, -0.1) is 0 Å². The zero-order valence-electron chi connectivity index (χ0n) is 11.3. The molecule has 2 rings (SSSR count). The van der Waals surface area contributed by atoms with E-state index in [0.29, 0.717) is 18.1 Å². The summed E-state index contributed by atoms with van der Waals surface area (Å²) in [5.74, 6) is 0.827. The molecule has 0 aliphatic heterocycles. The van der Waals surface area contributed by atoms with E-state index in [1.807, 2.05) is 0 Å². The fourth-order valence-corrected chi connectivity index (χ4v) is 1.76. The van der Waals surface area contributed by atoms with E-state index in [9.17, 15) is 9.90 Å². The molecule has 0 saturated heterocycles. The summed E-state index contributed by atoms with van der Waals surface area (Å²) in [5, 5.41) is 19.0. The van der Waals surface area contributed by atoms with E-state index in [2.05, 4.69) is 20.7 Å². The zero-order valence-corrected chi connectivity index (χ0v) is 11.3. The molecule has 8 heteroatoms. The van der Waals surface area contributed by atoms with Crippen LogP contribution in [0.5, 0.6) is 0 Å².